The van der Waals surface area contributed by atoms with Gasteiger partial charge >= 0.3 is 0 Å². The number of aryl methyl sites for hydroxylation is 1. The molecule has 0 radical (unpaired) electrons. The summed E-state index contributed by atoms with van der Waals surface area (Å²) < 4.78 is 5.37. The fraction of sp³-hybridized carbons (Fsp3) is 0.222. The predicted molar refractivity (Wildman–Crippen MR) is 87.2 cm³/mol. The Labute approximate surface area is 139 Å². The number of ketones is 1. The molecule has 0 spiro atoms. The van der Waals surface area contributed by atoms with Crippen LogP contribution in [0.4, 0.5) is 0 Å². The number of hydrazine groups is 1. The minimum absolute atomic E-state index is 0.0298. The van der Waals surface area contributed by atoms with E-state index in [4.69, 9.17) is 4.42 Å². The number of allylic oxidation sites excluding steroid dienone is 2. The highest BCUT2D eigenvalue weighted by Crippen LogP contribution is 2.30. The van der Waals surface area contributed by atoms with Crippen molar-refractivity contribution in [1.29, 1.82) is 0 Å². The molecule has 1 heterocycles. The fourth-order valence-corrected chi connectivity index (χ4v) is 2.75. The lowest BCUT2D eigenvalue weighted by molar-refractivity contribution is -0.115. The molecule has 3 N–H and O–H groups in total. The van der Waals surface area contributed by atoms with Crippen molar-refractivity contribution in [3.8, 4) is 5.75 Å². The fourth-order valence-electron chi connectivity index (χ4n) is 2.75. The quantitative estimate of drug-likeness (QED) is 0.751. The number of nitrogens with one attached hydrogen (secondary N) is 2. The molecule has 1 aromatic heterocycles. The average Bonchev–Trinajstić information content (AvgIpc) is 3.09. The van der Waals surface area contributed by atoms with E-state index in [0.717, 1.165) is 5.76 Å². The highest BCUT2D eigenvalue weighted by molar-refractivity contribution is 5.97. The molecular formula is C18H18N2O4. The summed E-state index contributed by atoms with van der Waals surface area (Å²) in [4.78, 5) is 24.1. The van der Waals surface area contributed by atoms with Gasteiger partial charge in [0.25, 0.3) is 5.91 Å². The number of carbonyl (C=O) groups excluding carboxylic acids is 2. The number of benzene rings is 1. The average molecular weight is 326 g/mol. The van der Waals surface area contributed by atoms with Crippen molar-refractivity contribution >= 4 is 11.7 Å². The van der Waals surface area contributed by atoms with Gasteiger partial charge in [0.15, 0.2) is 5.78 Å². The molecule has 0 fully saturated rings. The van der Waals surface area contributed by atoms with Gasteiger partial charge in [0.2, 0.25) is 0 Å². The van der Waals surface area contributed by atoms with E-state index >= 15 is 0 Å². The van der Waals surface area contributed by atoms with Crippen molar-refractivity contribution in [2.75, 3.05) is 0 Å². The zero-order chi connectivity index (χ0) is 17.1. The first kappa shape index (κ1) is 15.9. The summed E-state index contributed by atoms with van der Waals surface area (Å²) in [6, 6.07) is 8.57. The van der Waals surface area contributed by atoms with E-state index in [1.807, 2.05) is 6.07 Å². The van der Waals surface area contributed by atoms with Crippen LogP contribution in [0, 0.1) is 6.92 Å². The Kier molecular flexibility index (Phi) is 4.37. The largest absolute Gasteiger partial charge is 0.507 e. The van der Waals surface area contributed by atoms with Gasteiger partial charge in [-0.3, -0.25) is 15.0 Å². The molecule has 124 valence electrons. The van der Waals surface area contributed by atoms with Gasteiger partial charge in [-0.2, -0.15) is 0 Å². The van der Waals surface area contributed by atoms with Crippen LogP contribution in [0.5, 0.6) is 5.75 Å². The van der Waals surface area contributed by atoms with Gasteiger partial charge in [-0.15, -0.1) is 0 Å². The number of phenols is 1. The second kappa shape index (κ2) is 6.62. The molecule has 1 amide bonds. The molecule has 0 unspecified atom stereocenters. The van der Waals surface area contributed by atoms with E-state index in [9.17, 15) is 14.7 Å². The first-order valence-corrected chi connectivity index (χ1v) is 7.66. The van der Waals surface area contributed by atoms with E-state index in [-0.39, 0.29) is 23.0 Å². The lowest BCUT2D eigenvalue weighted by atomic mass is 9.89. The lowest BCUT2D eigenvalue weighted by Crippen LogP contribution is -2.38. The van der Waals surface area contributed by atoms with Crippen LogP contribution in [0.1, 0.15) is 40.4 Å². The second-order valence-corrected chi connectivity index (χ2v) is 5.81. The van der Waals surface area contributed by atoms with Gasteiger partial charge in [-0.25, -0.2) is 0 Å². The zero-order valence-corrected chi connectivity index (χ0v) is 13.2. The van der Waals surface area contributed by atoms with Gasteiger partial charge < -0.3 is 14.9 Å². The number of aromatic hydroxyl groups is 1. The number of carbonyl (C=O) groups is 2. The summed E-state index contributed by atoms with van der Waals surface area (Å²) >= 11 is 0. The minimum atomic E-state index is -0.468. The SMILES string of the molecule is Cc1cccc(C(=O)NNC2=CC(=O)C[C@@H](c3ccco3)C2)c1O. The number of hydrogen-bond donors (Lipinski definition) is 3. The molecule has 0 saturated carbocycles. The van der Waals surface area contributed by atoms with Gasteiger partial charge in [0.05, 0.1) is 11.8 Å². The van der Waals surface area contributed by atoms with Crippen LogP contribution in [0.15, 0.2) is 52.8 Å². The Balaban J connectivity index is 1.66. The molecule has 1 aliphatic carbocycles. The molecule has 0 bridgehead atoms. The number of para-hydroxylation sites is 1. The van der Waals surface area contributed by atoms with Crippen molar-refractivity contribution in [2.24, 2.45) is 0 Å². The third-order valence-electron chi connectivity index (χ3n) is 4.01. The molecule has 6 heteroatoms. The molecule has 1 atom stereocenters. The van der Waals surface area contributed by atoms with E-state index < -0.39 is 5.91 Å². The summed E-state index contributed by atoms with van der Waals surface area (Å²) in [5.74, 6) is 0.143. The van der Waals surface area contributed by atoms with E-state index in [1.54, 1.807) is 31.4 Å². The van der Waals surface area contributed by atoms with Crippen molar-refractivity contribution in [2.45, 2.75) is 25.7 Å². The van der Waals surface area contributed by atoms with Crippen LogP contribution < -0.4 is 10.9 Å². The zero-order valence-electron chi connectivity index (χ0n) is 13.2. The Morgan fingerprint density at radius 3 is 2.83 bits per heavy atom. The summed E-state index contributed by atoms with van der Waals surface area (Å²) in [7, 11) is 0. The predicted octanol–water partition coefficient (Wildman–Crippen LogP) is 2.56. The standard InChI is InChI=1S/C18H18N2O4/c1-11-4-2-5-15(17(11)22)18(23)20-19-13-8-12(9-14(21)10-13)16-6-3-7-24-16/h2-7,10,12,19,22H,8-9H2,1H3,(H,20,23)/t12-/m0/s1. The monoisotopic (exact) mass is 326 g/mol. The smallest absolute Gasteiger partial charge is 0.273 e. The van der Waals surface area contributed by atoms with Crippen molar-refractivity contribution in [3.63, 3.8) is 0 Å². The van der Waals surface area contributed by atoms with Crippen LogP contribution in [-0.4, -0.2) is 16.8 Å². The number of rotatable bonds is 4. The van der Waals surface area contributed by atoms with E-state index in [0.29, 0.717) is 24.1 Å². The Bertz CT molecular complexity index is 793. The summed E-state index contributed by atoms with van der Waals surface area (Å²) in [6.07, 6.45) is 3.99. The topological polar surface area (TPSA) is 91.6 Å². The third-order valence-corrected chi connectivity index (χ3v) is 4.01. The lowest BCUT2D eigenvalue weighted by Gasteiger charge is -2.21. The Hall–Kier alpha value is -3.02. The minimum Gasteiger partial charge on any atom is -0.507 e. The normalized spacial score (nSPS) is 17.3. The summed E-state index contributed by atoms with van der Waals surface area (Å²) in [5, 5.41) is 9.94. The van der Waals surface area contributed by atoms with Crippen LogP contribution in [0.3, 0.4) is 0 Å². The summed E-state index contributed by atoms with van der Waals surface area (Å²) in [6.45, 7) is 1.72. The molecule has 2 aromatic rings. The maximum Gasteiger partial charge on any atom is 0.273 e. The van der Waals surface area contributed by atoms with Crippen molar-refractivity contribution in [3.05, 3.63) is 65.3 Å². The maximum atomic E-state index is 12.2. The number of furan rings is 1. The van der Waals surface area contributed by atoms with Gasteiger partial charge in [0.1, 0.15) is 11.5 Å². The van der Waals surface area contributed by atoms with Gasteiger partial charge in [-0.1, -0.05) is 12.1 Å². The van der Waals surface area contributed by atoms with Crippen LogP contribution in [-0.2, 0) is 4.79 Å². The van der Waals surface area contributed by atoms with E-state index in [1.165, 1.54) is 12.1 Å². The van der Waals surface area contributed by atoms with Crippen LogP contribution in [0.2, 0.25) is 0 Å². The van der Waals surface area contributed by atoms with Gasteiger partial charge in [-0.05, 0) is 37.1 Å². The third kappa shape index (κ3) is 3.32. The summed E-state index contributed by atoms with van der Waals surface area (Å²) in [5.41, 5.74) is 6.70. The van der Waals surface area contributed by atoms with E-state index in [2.05, 4.69) is 10.9 Å². The highest BCUT2D eigenvalue weighted by atomic mass is 16.3. The number of phenolic OH excluding ortho intramolecular Hbond substituents is 1. The van der Waals surface area contributed by atoms with Crippen molar-refractivity contribution in [1.82, 2.24) is 10.9 Å². The number of hydrogen-bond acceptors (Lipinski definition) is 5. The molecular weight excluding hydrogens is 308 g/mol. The first-order valence-electron chi connectivity index (χ1n) is 7.66. The van der Waals surface area contributed by atoms with Crippen LogP contribution in [0.25, 0.3) is 0 Å². The molecule has 1 aromatic carbocycles. The first-order chi connectivity index (χ1) is 11.5. The molecule has 0 saturated heterocycles. The Morgan fingerprint density at radius 1 is 1.25 bits per heavy atom. The molecule has 0 aliphatic heterocycles. The molecule has 6 nitrogen and oxygen atoms in total. The molecule has 24 heavy (non-hydrogen) atoms. The maximum absolute atomic E-state index is 12.2. The van der Waals surface area contributed by atoms with Crippen LogP contribution >= 0.6 is 0 Å². The second-order valence-electron chi connectivity index (χ2n) is 5.81. The van der Waals surface area contributed by atoms with Crippen molar-refractivity contribution < 1.29 is 19.1 Å². The Morgan fingerprint density at radius 2 is 2.08 bits per heavy atom. The number of amides is 1. The molecule has 3 rings (SSSR count). The van der Waals surface area contributed by atoms with Gasteiger partial charge in [0, 0.05) is 24.1 Å². The highest BCUT2D eigenvalue weighted by Gasteiger charge is 2.24. The molecule has 1 aliphatic rings.